The molecule has 6 nitrogen and oxygen atoms in total. The Morgan fingerprint density at radius 2 is 1.84 bits per heavy atom. The van der Waals surface area contributed by atoms with E-state index in [0.717, 1.165) is 17.1 Å². The molecule has 0 saturated carbocycles. The molecule has 6 heteroatoms. The fourth-order valence-corrected chi connectivity index (χ4v) is 1.69. The van der Waals surface area contributed by atoms with E-state index in [4.69, 9.17) is 5.11 Å². The quantitative estimate of drug-likeness (QED) is 0.859. The van der Waals surface area contributed by atoms with Crippen molar-refractivity contribution in [3.05, 3.63) is 41.2 Å². The molecular formula is C13H14N4O2. The van der Waals surface area contributed by atoms with Crippen LogP contribution in [0.3, 0.4) is 0 Å². The number of aryl methyl sites for hydroxylation is 2. The first-order chi connectivity index (χ1) is 8.99. The summed E-state index contributed by atoms with van der Waals surface area (Å²) >= 11 is 0. The third-order valence-electron chi connectivity index (χ3n) is 2.85. The molecule has 1 aromatic carbocycles. The number of carboxylic acids is 1. The summed E-state index contributed by atoms with van der Waals surface area (Å²) in [4.78, 5) is 10.7. The standard InChI is InChI=1S/C13H14N4O2/c1-8-12(9(2)17(3)16-8)15-14-11-6-4-10(5-7-11)13(18)19/h4-7H,1-3H3,(H,18,19). The second kappa shape index (κ2) is 5.01. The van der Waals surface area contributed by atoms with Crippen LogP contribution in [0.25, 0.3) is 0 Å². The molecule has 98 valence electrons. The maximum absolute atomic E-state index is 10.7. The molecule has 0 spiro atoms. The first-order valence-corrected chi connectivity index (χ1v) is 5.74. The van der Waals surface area contributed by atoms with Gasteiger partial charge in [0.1, 0.15) is 5.69 Å². The largest absolute Gasteiger partial charge is 0.478 e. The number of nitrogens with zero attached hydrogens (tertiary/aromatic N) is 4. The summed E-state index contributed by atoms with van der Waals surface area (Å²) in [5.41, 5.74) is 3.32. The predicted octanol–water partition coefficient (Wildman–Crippen LogP) is 3.15. The fourth-order valence-electron chi connectivity index (χ4n) is 1.69. The maximum Gasteiger partial charge on any atom is 0.335 e. The molecular weight excluding hydrogens is 244 g/mol. The topological polar surface area (TPSA) is 79.8 Å². The molecule has 0 atom stereocenters. The van der Waals surface area contributed by atoms with Gasteiger partial charge in [0.05, 0.1) is 22.6 Å². The van der Waals surface area contributed by atoms with Gasteiger partial charge in [0.25, 0.3) is 0 Å². The number of azo groups is 1. The van der Waals surface area contributed by atoms with Crippen LogP contribution in [0.1, 0.15) is 21.7 Å². The van der Waals surface area contributed by atoms with Gasteiger partial charge in [-0.05, 0) is 38.1 Å². The van der Waals surface area contributed by atoms with Gasteiger partial charge in [0.2, 0.25) is 0 Å². The summed E-state index contributed by atoms with van der Waals surface area (Å²) in [6.07, 6.45) is 0. The molecule has 0 saturated heterocycles. The zero-order chi connectivity index (χ0) is 14.0. The van der Waals surface area contributed by atoms with E-state index in [2.05, 4.69) is 15.3 Å². The van der Waals surface area contributed by atoms with Crippen molar-refractivity contribution in [2.75, 3.05) is 0 Å². The van der Waals surface area contributed by atoms with E-state index in [1.54, 1.807) is 16.8 Å². The highest BCUT2D eigenvalue weighted by Gasteiger charge is 2.08. The number of carbonyl (C=O) groups is 1. The van der Waals surface area contributed by atoms with E-state index in [0.29, 0.717) is 5.69 Å². The number of benzene rings is 1. The van der Waals surface area contributed by atoms with E-state index in [1.807, 2.05) is 20.9 Å². The third-order valence-corrected chi connectivity index (χ3v) is 2.85. The van der Waals surface area contributed by atoms with Crippen molar-refractivity contribution in [2.24, 2.45) is 17.3 Å². The van der Waals surface area contributed by atoms with Crippen LogP contribution in [-0.2, 0) is 7.05 Å². The van der Waals surface area contributed by atoms with Crippen LogP contribution in [0.5, 0.6) is 0 Å². The zero-order valence-electron chi connectivity index (χ0n) is 11.0. The lowest BCUT2D eigenvalue weighted by Gasteiger charge is -1.96. The Morgan fingerprint density at radius 3 is 2.32 bits per heavy atom. The first-order valence-electron chi connectivity index (χ1n) is 5.74. The lowest BCUT2D eigenvalue weighted by atomic mass is 10.2. The van der Waals surface area contributed by atoms with Crippen molar-refractivity contribution in [2.45, 2.75) is 13.8 Å². The van der Waals surface area contributed by atoms with Gasteiger partial charge in [0.15, 0.2) is 0 Å². The van der Waals surface area contributed by atoms with Crippen LogP contribution < -0.4 is 0 Å². The molecule has 2 aromatic rings. The van der Waals surface area contributed by atoms with E-state index in [9.17, 15) is 4.79 Å². The van der Waals surface area contributed by atoms with Gasteiger partial charge in [-0.25, -0.2) is 4.79 Å². The molecule has 0 aliphatic heterocycles. The van der Waals surface area contributed by atoms with Gasteiger partial charge in [-0.1, -0.05) is 0 Å². The molecule has 0 fully saturated rings. The van der Waals surface area contributed by atoms with Crippen LogP contribution in [0.15, 0.2) is 34.5 Å². The van der Waals surface area contributed by atoms with Crippen LogP contribution in [0, 0.1) is 13.8 Å². The summed E-state index contributed by atoms with van der Waals surface area (Å²) in [7, 11) is 1.85. The van der Waals surface area contributed by atoms with E-state index in [-0.39, 0.29) is 5.56 Å². The molecule has 1 N–H and O–H groups in total. The van der Waals surface area contributed by atoms with Crippen molar-refractivity contribution in [1.82, 2.24) is 9.78 Å². The highest BCUT2D eigenvalue weighted by Crippen LogP contribution is 2.24. The van der Waals surface area contributed by atoms with Gasteiger partial charge in [-0.2, -0.15) is 10.2 Å². The number of hydrogen-bond donors (Lipinski definition) is 1. The molecule has 0 aliphatic rings. The second-order valence-electron chi connectivity index (χ2n) is 4.20. The Bertz CT molecular complexity index is 641. The molecule has 0 bridgehead atoms. The predicted molar refractivity (Wildman–Crippen MR) is 70.3 cm³/mol. The zero-order valence-corrected chi connectivity index (χ0v) is 11.0. The average Bonchev–Trinajstić information content (AvgIpc) is 2.62. The molecule has 0 amide bonds. The van der Waals surface area contributed by atoms with E-state index >= 15 is 0 Å². The minimum Gasteiger partial charge on any atom is -0.478 e. The molecule has 0 unspecified atom stereocenters. The smallest absolute Gasteiger partial charge is 0.335 e. The number of aromatic nitrogens is 2. The highest BCUT2D eigenvalue weighted by molar-refractivity contribution is 5.87. The Hall–Kier alpha value is -2.50. The lowest BCUT2D eigenvalue weighted by Crippen LogP contribution is -1.93. The fraction of sp³-hybridized carbons (Fsp3) is 0.231. The Kier molecular flexibility index (Phi) is 3.41. The summed E-state index contributed by atoms with van der Waals surface area (Å²) < 4.78 is 1.75. The lowest BCUT2D eigenvalue weighted by molar-refractivity contribution is 0.0697. The summed E-state index contributed by atoms with van der Waals surface area (Å²) in [5, 5.41) is 21.3. The summed E-state index contributed by atoms with van der Waals surface area (Å²) in [6, 6.07) is 6.24. The van der Waals surface area contributed by atoms with Crippen molar-refractivity contribution >= 4 is 17.3 Å². The molecule has 1 heterocycles. The number of hydrogen-bond acceptors (Lipinski definition) is 4. The molecule has 19 heavy (non-hydrogen) atoms. The average molecular weight is 258 g/mol. The van der Waals surface area contributed by atoms with Gasteiger partial charge in [-0.3, -0.25) is 4.68 Å². The first kappa shape index (κ1) is 12.9. The Labute approximate surface area is 110 Å². The van der Waals surface area contributed by atoms with Crippen molar-refractivity contribution in [3.63, 3.8) is 0 Å². The van der Waals surface area contributed by atoms with E-state index < -0.39 is 5.97 Å². The molecule has 0 radical (unpaired) electrons. The van der Waals surface area contributed by atoms with Crippen LogP contribution in [0.4, 0.5) is 11.4 Å². The normalized spacial score (nSPS) is 11.1. The van der Waals surface area contributed by atoms with Gasteiger partial charge in [0, 0.05) is 7.05 Å². The highest BCUT2D eigenvalue weighted by atomic mass is 16.4. The Balaban J connectivity index is 2.25. The second-order valence-corrected chi connectivity index (χ2v) is 4.20. The van der Waals surface area contributed by atoms with Gasteiger partial charge in [-0.15, -0.1) is 5.11 Å². The minimum atomic E-state index is -0.956. The van der Waals surface area contributed by atoms with Crippen LogP contribution >= 0.6 is 0 Å². The van der Waals surface area contributed by atoms with Crippen molar-refractivity contribution in [3.8, 4) is 0 Å². The number of rotatable bonds is 3. The monoisotopic (exact) mass is 258 g/mol. The number of carboxylic acid groups (broad SMARTS) is 1. The van der Waals surface area contributed by atoms with Gasteiger partial charge < -0.3 is 5.11 Å². The summed E-state index contributed by atoms with van der Waals surface area (Å²) in [6.45, 7) is 3.79. The van der Waals surface area contributed by atoms with Crippen LogP contribution in [-0.4, -0.2) is 20.9 Å². The van der Waals surface area contributed by atoms with E-state index in [1.165, 1.54) is 12.1 Å². The molecule has 1 aromatic heterocycles. The van der Waals surface area contributed by atoms with Crippen LogP contribution in [0.2, 0.25) is 0 Å². The van der Waals surface area contributed by atoms with Crippen molar-refractivity contribution < 1.29 is 9.90 Å². The molecule has 0 aliphatic carbocycles. The summed E-state index contributed by atoms with van der Waals surface area (Å²) in [5.74, 6) is -0.956. The number of aromatic carboxylic acids is 1. The minimum absolute atomic E-state index is 0.229. The maximum atomic E-state index is 10.7. The third kappa shape index (κ3) is 2.67. The van der Waals surface area contributed by atoms with Gasteiger partial charge >= 0.3 is 5.97 Å². The Morgan fingerprint density at radius 1 is 1.21 bits per heavy atom. The SMILES string of the molecule is Cc1nn(C)c(C)c1N=Nc1ccc(C(=O)O)cc1. The van der Waals surface area contributed by atoms with Crippen molar-refractivity contribution in [1.29, 1.82) is 0 Å². The molecule has 2 rings (SSSR count).